The van der Waals surface area contributed by atoms with Crippen LogP contribution in [-0.4, -0.2) is 0 Å². The highest BCUT2D eigenvalue weighted by Crippen LogP contribution is 2.51. The van der Waals surface area contributed by atoms with E-state index < -0.39 is 0 Å². The summed E-state index contributed by atoms with van der Waals surface area (Å²) in [6.07, 6.45) is 0. The van der Waals surface area contributed by atoms with E-state index in [0.29, 0.717) is 0 Å². The molecule has 1 aliphatic rings. The van der Waals surface area contributed by atoms with E-state index in [1.807, 2.05) is 0 Å². The molecule has 0 N–H and O–H groups in total. The van der Waals surface area contributed by atoms with Crippen molar-refractivity contribution < 1.29 is 0 Å². The Balaban J connectivity index is 0.954. The number of fused-ring (bicyclic) bond motifs is 6. The van der Waals surface area contributed by atoms with Crippen LogP contribution >= 0.6 is 0 Å². The number of benzene rings is 10. The van der Waals surface area contributed by atoms with Crippen LogP contribution in [0.25, 0.3) is 98.7 Å². The van der Waals surface area contributed by atoms with Crippen molar-refractivity contribution in [2.75, 3.05) is 0 Å². The summed E-state index contributed by atoms with van der Waals surface area (Å²) in [5.74, 6) is 0. The van der Waals surface area contributed by atoms with E-state index >= 15 is 0 Å². The van der Waals surface area contributed by atoms with E-state index in [-0.39, 0.29) is 5.41 Å². The van der Waals surface area contributed by atoms with Gasteiger partial charge < -0.3 is 0 Å². The second-order valence-corrected chi connectivity index (χ2v) is 15.3. The average Bonchev–Trinajstić information content (AvgIpc) is 3.45. The van der Waals surface area contributed by atoms with Gasteiger partial charge >= 0.3 is 0 Å². The van der Waals surface area contributed by atoms with Crippen LogP contribution in [0.15, 0.2) is 182 Å². The predicted octanol–water partition coefficient (Wildman–Crippen LogP) is 14.7. The van der Waals surface area contributed by atoms with Crippen molar-refractivity contribution in [3.05, 3.63) is 193 Å². The van der Waals surface area contributed by atoms with Crippen LogP contribution < -0.4 is 0 Å². The summed E-state index contributed by atoms with van der Waals surface area (Å²) in [4.78, 5) is 0. The number of hydrogen-bond donors (Lipinski definition) is 0. The Morgan fingerprint density at radius 2 is 0.736 bits per heavy atom. The van der Waals surface area contributed by atoms with Crippen LogP contribution in [0.3, 0.4) is 0 Å². The molecule has 1 aliphatic carbocycles. The van der Waals surface area contributed by atoms with Gasteiger partial charge in [-0.25, -0.2) is 0 Å². The largest absolute Gasteiger partial charge is 0.0622 e. The van der Waals surface area contributed by atoms with Crippen molar-refractivity contribution in [3.63, 3.8) is 0 Å². The van der Waals surface area contributed by atoms with Crippen molar-refractivity contribution in [1.82, 2.24) is 0 Å². The Bertz CT molecular complexity index is 3030. The molecule has 0 saturated carbocycles. The quantitative estimate of drug-likeness (QED) is 0.129. The molecule has 0 spiro atoms. The van der Waals surface area contributed by atoms with Crippen molar-refractivity contribution in [2.45, 2.75) is 19.3 Å². The molecule has 248 valence electrons. The van der Waals surface area contributed by atoms with E-state index in [1.54, 1.807) is 0 Å². The summed E-state index contributed by atoms with van der Waals surface area (Å²) in [7, 11) is 0. The number of rotatable bonds is 4. The fourth-order valence-corrected chi connectivity index (χ4v) is 9.30. The first-order valence-electron chi connectivity index (χ1n) is 18.7. The molecule has 53 heavy (non-hydrogen) atoms. The molecule has 0 atom stereocenters. The van der Waals surface area contributed by atoms with Crippen LogP contribution in [0.4, 0.5) is 0 Å². The van der Waals surface area contributed by atoms with Gasteiger partial charge in [-0.15, -0.1) is 0 Å². The average molecular weight is 673 g/mol. The van der Waals surface area contributed by atoms with Gasteiger partial charge in [0, 0.05) is 5.41 Å². The molecule has 0 fully saturated rings. The van der Waals surface area contributed by atoms with E-state index in [4.69, 9.17) is 0 Å². The highest BCUT2D eigenvalue weighted by atomic mass is 14.4. The Labute approximate surface area is 310 Å². The summed E-state index contributed by atoms with van der Waals surface area (Å²) in [5, 5.41) is 10.7. The molecule has 11 rings (SSSR count). The lowest BCUT2D eigenvalue weighted by Crippen LogP contribution is -2.15. The third-order valence-corrected chi connectivity index (χ3v) is 12.1. The fraction of sp³-hybridized carbons (Fsp3) is 0.0566. The zero-order chi connectivity index (χ0) is 35.3. The molecule has 0 heterocycles. The first-order valence-corrected chi connectivity index (χ1v) is 18.7. The molecule has 0 aliphatic heterocycles. The number of hydrogen-bond acceptors (Lipinski definition) is 0. The molecule has 0 saturated heterocycles. The van der Waals surface area contributed by atoms with Gasteiger partial charge in [-0.3, -0.25) is 0 Å². The minimum Gasteiger partial charge on any atom is -0.0622 e. The highest BCUT2D eigenvalue weighted by molar-refractivity contribution is 6.35. The van der Waals surface area contributed by atoms with Crippen molar-refractivity contribution in [3.8, 4) is 55.6 Å². The third kappa shape index (κ3) is 4.49. The lowest BCUT2D eigenvalue weighted by molar-refractivity contribution is 0.661. The van der Waals surface area contributed by atoms with Crippen molar-refractivity contribution in [2.24, 2.45) is 0 Å². The van der Waals surface area contributed by atoms with Gasteiger partial charge in [0.25, 0.3) is 0 Å². The second kappa shape index (κ2) is 11.2. The molecular formula is C53H36. The Kier molecular flexibility index (Phi) is 6.40. The van der Waals surface area contributed by atoms with Crippen LogP contribution in [-0.2, 0) is 5.41 Å². The summed E-state index contributed by atoms with van der Waals surface area (Å²) >= 11 is 0. The minimum atomic E-state index is -0.128. The van der Waals surface area contributed by atoms with Gasteiger partial charge in [-0.05, 0) is 122 Å². The molecule has 0 bridgehead atoms. The molecule has 10 aromatic rings. The van der Waals surface area contributed by atoms with Gasteiger partial charge in [0.15, 0.2) is 0 Å². The lowest BCUT2D eigenvalue weighted by atomic mass is 9.80. The van der Waals surface area contributed by atoms with Gasteiger partial charge in [-0.1, -0.05) is 184 Å². The van der Waals surface area contributed by atoms with E-state index in [0.717, 1.165) is 0 Å². The lowest BCUT2D eigenvalue weighted by Gasteiger charge is -2.23. The summed E-state index contributed by atoms with van der Waals surface area (Å²) in [5.41, 5.74) is 15.4. The molecular weight excluding hydrogens is 637 g/mol. The molecule has 0 nitrogen and oxygen atoms in total. The molecule has 10 aromatic carbocycles. The van der Waals surface area contributed by atoms with Crippen LogP contribution in [0.5, 0.6) is 0 Å². The first kappa shape index (κ1) is 30.2. The predicted molar refractivity (Wildman–Crippen MR) is 227 cm³/mol. The maximum Gasteiger partial charge on any atom is 0.0159 e. The van der Waals surface area contributed by atoms with Gasteiger partial charge in [0.2, 0.25) is 0 Å². The van der Waals surface area contributed by atoms with Gasteiger partial charge in [0.05, 0.1) is 0 Å². The van der Waals surface area contributed by atoms with E-state index in [1.165, 1.54) is 110 Å². The zero-order valence-electron chi connectivity index (χ0n) is 29.8. The Morgan fingerprint density at radius 3 is 1.38 bits per heavy atom. The van der Waals surface area contributed by atoms with Crippen LogP contribution in [0, 0.1) is 0 Å². The summed E-state index contributed by atoms with van der Waals surface area (Å²) in [6, 6.07) is 67.7. The van der Waals surface area contributed by atoms with E-state index in [9.17, 15) is 0 Å². The molecule has 0 unspecified atom stereocenters. The first-order chi connectivity index (χ1) is 26.0. The van der Waals surface area contributed by atoms with E-state index in [2.05, 4.69) is 196 Å². The minimum absolute atomic E-state index is 0.128. The second-order valence-electron chi connectivity index (χ2n) is 15.3. The maximum absolute atomic E-state index is 2.47. The van der Waals surface area contributed by atoms with Gasteiger partial charge in [0.1, 0.15) is 0 Å². The molecule has 0 amide bonds. The van der Waals surface area contributed by atoms with Crippen LogP contribution in [0.1, 0.15) is 25.0 Å². The molecule has 0 aromatic heterocycles. The molecule has 0 radical (unpaired) electrons. The normalized spacial score (nSPS) is 13.2. The fourth-order valence-electron chi connectivity index (χ4n) is 9.30. The molecule has 0 heteroatoms. The SMILES string of the molecule is CC1(C)c2cc(-c3ccc(-c4ccc(-c5ccccc5)cc4)cc3)ccc2-c2ccc(-c3ccc4c5ccccc5c5cccc6ccc3c4c65)cc21. The summed E-state index contributed by atoms with van der Waals surface area (Å²) in [6.45, 7) is 4.79. The zero-order valence-corrected chi connectivity index (χ0v) is 29.8. The van der Waals surface area contributed by atoms with Gasteiger partial charge in [-0.2, -0.15) is 0 Å². The Morgan fingerprint density at radius 1 is 0.283 bits per heavy atom. The standard InChI is InChI=1S/C53H36/c1-53(2)49-31-39(37-21-19-36(20-22-37)35-17-15-34(16-18-35)33-9-4-3-5-10-33)24-26-44(49)45-27-25-40(32-50(45)53)41-29-30-48-43-13-7-6-12-42(43)46-14-8-11-38-23-28-47(41)52(48)51(38)46/h3-32H,1-2H3. The van der Waals surface area contributed by atoms with Crippen molar-refractivity contribution >= 4 is 43.1 Å². The van der Waals surface area contributed by atoms with Crippen molar-refractivity contribution in [1.29, 1.82) is 0 Å². The smallest absolute Gasteiger partial charge is 0.0159 e. The summed E-state index contributed by atoms with van der Waals surface area (Å²) < 4.78 is 0. The van der Waals surface area contributed by atoms with Crippen LogP contribution in [0.2, 0.25) is 0 Å². The monoisotopic (exact) mass is 672 g/mol. The Hall–Kier alpha value is -6.50. The highest BCUT2D eigenvalue weighted by Gasteiger charge is 2.36. The maximum atomic E-state index is 2.47. The topological polar surface area (TPSA) is 0 Å². The third-order valence-electron chi connectivity index (χ3n) is 12.1.